The number of likely N-dealkylation sites (N-methyl/N-ethyl adjacent to an activating group) is 1. The normalized spacial score (nSPS) is 24.5. The fourth-order valence-electron chi connectivity index (χ4n) is 2.96. The number of aromatic nitrogens is 2. The van der Waals surface area contributed by atoms with Gasteiger partial charge >= 0.3 is 0 Å². The van der Waals surface area contributed by atoms with Crippen LogP contribution in [0.1, 0.15) is 71.5 Å². The average Bonchev–Trinajstić information content (AvgIpc) is 2.73. The third-order valence-electron chi connectivity index (χ3n) is 4.35. The lowest BCUT2D eigenvalue weighted by atomic mass is 9.89. The Morgan fingerprint density at radius 2 is 2.00 bits per heavy atom. The molecule has 4 nitrogen and oxygen atoms in total. The van der Waals surface area contributed by atoms with E-state index < -0.39 is 0 Å². The minimum Gasteiger partial charge on any atom is -0.339 e. The minimum absolute atomic E-state index is 0.281. The van der Waals surface area contributed by atoms with Crippen LogP contribution in [0.25, 0.3) is 0 Å². The quantitative estimate of drug-likeness (QED) is 0.857. The van der Waals surface area contributed by atoms with E-state index in [4.69, 9.17) is 4.52 Å². The molecule has 3 unspecified atom stereocenters. The lowest BCUT2D eigenvalue weighted by Crippen LogP contribution is -2.34. The van der Waals surface area contributed by atoms with E-state index in [1.807, 2.05) is 0 Å². The number of rotatable bonds is 6. The Morgan fingerprint density at radius 1 is 1.37 bits per heavy atom. The summed E-state index contributed by atoms with van der Waals surface area (Å²) >= 11 is 0. The van der Waals surface area contributed by atoms with Crippen molar-refractivity contribution in [3.63, 3.8) is 0 Å². The lowest BCUT2D eigenvalue weighted by molar-refractivity contribution is 0.280. The molecule has 108 valence electrons. The van der Waals surface area contributed by atoms with Crippen LogP contribution in [0.15, 0.2) is 4.52 Å². The van der Waals surface area contributed by atoms with Crippen LogP contribution in [-0.2, 0) is 0 Å². The zero-order valence-electron chi connectivity index (χ0n) is 13.0. The average molecular weight is 265 g/mol. The van der Waals surface area contributed by atoms with E-state index in [0.717, 1.165) is 18.3 Å². The van der Waals surface area contributed by atoms with Gasteiger partial charge in [0.25, 0.3) is 0 Å². The van der Waals surface area contributed by atoms with Gasteiger partial charge < -0.3 is 9.84 Å². The van der Waals surface area contributed by atoms with Gasteiger partial charge in [0.2, 0.25) is 5.89 Å². The summed E-state index contributed by atoms with van der Waals surface area (Å²) in [5, 5.41) is 7.67. The maximum atomic E-state index is 5.55. The van der Waals surface area contributed by atoms with Crippen LogP contribution in [0.4, 0.5) is 0 Å². The van der Waals surface area contributed by atoms with Gasteiger partial charge in [0, 0.05) is 12.0 Å². The second kappa shape index (κ2) is 5.23. The van der Waals surface area contributed by atoms with Crippen molar-refractivity contribution in [2.75, 3.05) is 6.54 Å². The summed E-state index contributed by atoms with van der Waals surface area (Å²) in [5.74, 6) is 2.93. The Hall–Kier alpha value is -0.900. The maximum absolute atomic E-state index is 5.55. The Labute approximate surface area is 116 Å². The summed E-state index contributed by atoms with van der Waals surface area (Å²) < 4.78 is 5.55. The van der Waals surface area contributed by atoms with E-state index in [2.05, 4.69) is 57.0 Å². The Morgan fingerprint density at radius 3 is 2.47 bits per heavy atom. The van der Waals surface area contributed by atoms with Crippen molar-refractivity contribution in [2.24, 2.45) is 11.3 Å². The number of hydrogen-bond donors (Lipinski definition) is 1. The van der Waals surface area contributed by atoms with Crippen molar-refractivity contribution in [1.29, 1.82) is 0 Å². The fraction of sp³-hybridized carbons (Fsp3) is 0.867. The molecule has 1 aliphatic rings. The molecule has 1 aromatic rings. The summed E-state index contributed by atoms with van der Waals surface area (Å²) in [6, 6.07) is 0.352. The van der Waals surface area contributed by atoms with Gasteiger partial charge in [-0.25, -0.2) is 0 Å². The molecule has 1 saturated carbocycles. The van der Waals surface area contributed by atoms with Crippen LogP contribution < -0.4 is 5.32 Å². The molecule has 0 amide bonds. The van der Waals surface area contributed by atoms with Gasteiger partial charge in [0.05, 0.1) is 5.92 Å². The van der Waals surface area contributed by atoms with E-state index >= 15 is 0 Å². The Bertz CT molecular complexity index is 425. The van der Waals surface area contributed by atoms with Crippen LogP contribution in [-0.4, -0.2) is 22.7 Å². The molecule has 4 heteroatoms. The number of nitrogens with zero attached hydrogens (tertiary/aromatic N) is 2. The van der Waals surface area contributed by atoms with Gasteiger partial charge in [-0.2, -0.15) is 4.98 Å². The molecule has 1 N–H and O–H groups in total. The first-order chi connectivity index (χ1) is 8.86. The predicted octanol–water partition coefficient (Wildman–Crippen LogP) is 3.32. The van der Waals surface area contributed by atoms with Gasteiger partial charge in [-0.15, -0.1) is 0 Å². The highest BCUT2D eigenvalue weighted by atomic mass is 16.5. The molecule has 2 rings (SSSR count). The Balaban J connectivity index is 2.14. The van der Waals surface area contributed by atoms with Gasteiger partial charge in [0.1, 0.15) is 0 Å². The summed E-state index contributed by atoms with van der Waals surface area (Å²) in [7, 11) is 0. The van der Waals surface area contributed by atoms with Gasteiger partial charge in [-0.05, 0) is 31.2 Å². The van der Waals surface area contributed by atoms with Gasteiger partial charge in [0.15, 0.2) is 5.82 Å². The minimum atomic E-state index is 0.281. The number of nitrogens with one attached hydrogen (secondary N) is 1. The predicted molar refractivity (Wildman–Crippen MR) is 76.2 cm³/mol. The molecule has 0 bridgehead atoms. The molecule has 0 spiro atoms. The highest BCUT2D eigenvalue weighted by molar-refractivity contribution is 5.15. The molecule has 1 aliphatic carbocycles. The first-order valence-electron chi connectivity index (χ1n) is 7.43. The molecule has 0 aliphatic heterocycles. The monoisotopic (exact) mass is 265 g/mol. The molecule has 0 radical (unpaired) electrons. The molecule has 19 heavy (non-hydrogen) atoms. The fourth-order valence-corrected chi connectivity index (χ4v) is 2.96. The largest absolute Gasteiger partial charge is 0.339 e. The first kappa shape index (κ1) is 14.5. The van der Waals surface area contributed by atoms with Crippen molar-refractivity contribution in [1.82, 2.24) is 15.5 Å². The molecule has 1 aromatic heterocycles. The van der Waals surface area contributed by atoms with Crippen LogP contribution in [0.3, 0.4) is 0 Å². The van der Waals surface area contributed by atoms with Gasteiger partial charge in [-0.3, -0.25) is 0 Å². The zero-order chi connectivity index (χ0) is 14.2. The Kier molecular flexibility index (Phi) is 4.00. The number of hydrogen-bond acceptors (Lipinski definition) is 4. The van der Waals surface area contributed by atoms with Crippen molar-refractivity contribution in [3.8, 4) is 0 Å². The highest BCUT2D eigenvalue weighted by Crippen LogP contribution is 2.57. The SMILES string of the molecule is CCNC(C)C(c1nc(C2CC2(C)C)no1)C(C)C. The van der Waals surface area contributed by atoms with Gasteiger partial charge in [-0.1, -0.05) is 39.8 Å². The van der Waals surface area contributed by atoms with Crippen LogP contribution in [0.2, 0.25) is 0 Å². The summed E-state index contributed by atoms with van der Waals surface area (Å²) in [6.07, 6.45) is 1.17. The van der Waals surface area contributed by atoms with E-state index in [1.54, 1.807) is 0 Å². The molecule has 1 fully saturated rings. The van der Waals surface area contributed by atoms with Crippen molar-refractivity contribution >= 4 is 0 Å². The highest BCUT2D eigenvalue weighted by Gasteiger charge is 2.49. The molecule has 0 saturated heterocycles. The summed E-state index contributed by atoms with van der Waals surface area (Å²) in [4.78, 5) is 4.68. The van der Waals surface area contributed by atoms with E-state index in [1.165, 1.54) is 6.42 Å². The first-order valence-corrected chi connectivity index (χ1v) is 7.43. The summed E-state index contributed by atoms with van der Waals surface area (Å²) in [6.45, 7) is 14.2. The van der Waals surface area contributed by atoms with E-state index in [9.17, 15) is 0 Å². The van der Waals surface area contributed by atoms with Crippen molar-refractivity contribution in [3.05, 3.63) is 11.7 Å². The third kappa shape index (κ3) is 2.99. The molecule has 3 atom stereocenters. The third-order valence-corrected chi connectivity index (χ3v) is 4.35. The van der Waals surface area contributed by atoms with Crippen molar-refractivity contribution < 1.29 is 4.52 Å². The standard InChI is InChI=1S/C15H27N3O/c1-7-16-10(4)12(9(2)3)14-17-13(18-19-14)11-8-15(11,5)6/h9-12,16H,7-8H2,1-6H3. The molecule has 0 aromatic carbocycles. The van der Waals surface area contributed by atoms with E-state index in [0.29, 0.717) is 23.3 Å². The molecular weight excluding hydrogens is 238 g/mol. The molecular formula is C15H27N3O. The molecule has 1 heterocycles. The van der Waals surface area contributed by atoms with E-state index in [-0.39, 0.29) is 5.92 Å². The second-order valence-corrected chi connectivity index (χ2v) is 6.85. The summed E-state index contributed by atoms with van der Waals surface area (Å²) in [5.41, 5.74) is 0.349. The zero-order valence-corrected chi connectivity index (χ0v) is 13.0. The second-order valence-electron chi connectivity index (χ2n) is 6.85. The smallest absolute Gasteiger partial charge is 0.231 e. The maximum Gasteiger partial charge on any atom is 0.231 e. The van der Waals surface area contributed by atoms with Crippen molar-refractivity contribution in [2.45, 2.75) is 65.8 Å². The van der Waals surface area contributed by atoms with Crippen LogP contribution in [0, 0.1) is 11.3 Å². The lowest BCUT2D eigenvalue weighted by Gasteiger charge is -2.24. The van der Waals surface area contributed by atoms with Crippen LogP contribution >= 0.6 is 0 Å². The van der Waals surface area contributed by atoms with Crippen LogP contribution in [0.5, 0.6) is 0 Å². The topological polar surface area (TPSA) is 51.0 Å².